The fraction of sp³-hybridized carbons (Fsp3) is 0.389. The average molecular weight is 468 g/mol. The van der Waals surface area contributed by atoms with Crippen LogP contribution in [0.3, 0.4) is 0 Å². The van der Waals surface area contributed by atoms with Crippen molar-refractivity contribution >= 4 is 17.5 Å². The van der Waals surface area contributed by atoms with Gasteiger partial charge in [-0.15, -0.1) is 13.2 Å². The molecule has 2 atom stereocenters. The number of carbonyl (C=O) groups excluding carboxylic acids is 2. The predicted octanol–water partition coefficient (Wildman–Crippen LogP) is 3.29. The molecule has 14 heteroatoms. The molecule has 2 amide bonds. The molecule has 0 aliphatic carbocycles. The number of likely N-dealkylation sites (N-methyl/N-ethyl adjacent to an activating group) is 1. The first-order chi connectivity index (χ1) is 14.7. The lowest BCUT2D eigenvalue weighted by molar-refractivity contribution is -0.275. The van der Waals surface area contributed by atoms with E-state index in [2.05, 4.69) is 9.84 Å². The quantitative estimate of drug-likeness (QED) is 0.552. The van der Waals surface area contributed by atoms with Crippen molar-refractivity contribution in [2.75, 3.05) is 18.9 Å². The van der Waals surface area contributed by atoms with Crippen LogP contribution in [0, 0.1) is 11.7 Å². The first kappa shape index (κ1) is 23.3. The Hall–Kier alpha value is -3.32. The van der Waals surface area contributed by atoms with Gasteiger partial charge in [-0.1, -0.05) is 6.07 Å². The average Bonchev–Trinajstić information content (AvgIpc) is 3.17. The van der Waals surface area contributed by atoms with E-state index in [1.54, 1.807) is 0 Å². The SMILES string of the molecule is CN1C[C@H](c2cc(C(F)(F)F)n(C)n2)[C@@H](C(=O)Nc2cccc(F)c2OC(F)(F)F)C1=O. The predicted molar refractivity (Wildman–Crippen MR) is 93.8 cm³/mol. The minimum Gasteiger partial charge on any atom is -0.400 e. The number of hydrogen-bond acceptors (Lipinski definition) is 4. The van der Waals surface area contributed by atoms with Crippen molar-refractivity contribution in [3.8, 4) is 5.75 Å². The summed E-state index contributed by atoms with van der Waals surface area (Å²) in [6.07, 6.45) is -10.0. The van der Waals surface area contributed by atoms with Crippen molar-refractivity contribution in [3.05, 3.63) is 41.5 Å². The third-order valence-corrected chi connectivity index (χ3v) is 4.81. The molecule has 1 N–H and O–H groups in total. The number of rotatable bonds is 4. The van der Waals surface area contributed by atoms with E-state index in [1.165, 1.54) is 7.05 Å². The molecule has 0 radical (unpaired) electrons. The molecule has 0 saturated carbocycles. The molecule has 1 fully saturated rings. The number of benzene rings is 1. The third-order valence-electron chi connectivity index (χ3n) is 4.81. The monoisotopic (exact) mass is 468 g/mol. The molecule has 1 saturated heterocycles. The number of nitrogens with one attached hydrogen (secondary N) is 1. The second-order valence-electron chi connectivity index (χ2n) is 7.03. The molecule has 1 aromatic heterocycles. The molecule has 0 spiro atoms. The van der Waals surface area contributed by atoms with Gasteiger partial charge in [0.2, 0.25) is 11.8 Å². The number of aryl methyl sites for hydroxylation is 1. The number of nitrogens with zero attached hydrogens (tertiary/aromatic N) is 3. The third kappa shape index (κ3) is 4.62. The first-order valence-corrected chi connectivity index (χ1v) is 8.90. The summed E-state index contributed by atoms with van der Waals surface area (Å²) in [7, 11) is 2.34. The second-order valence-corrected chi connectivity index (χ2v) is 7.03. The highest BCUT2D eigenvalue weighted by Gasteiger charge is 2.47. The van der Waals surface area contributed by atoms with E-state index >= 15 is 0 Å². The van der Waals surface area contributed by atoms with Crippen LogP contribution >= 0.6 is 0 Å². The van der Waals surface area contributed by atoms with E-state index in [9.17, 15) is 40.3 Å². The van der Waals surface area contributed by atoms with Crippen molar-refractivity contribution in [1.82, 2.24) is 14.7 Å². The van der Waals surface area contributed by atoms with Gasteiger partial charge in [-0.25, -0.2) is 4.39 Å². The Kier molecular flexibility index (Phi) is 5.82. The highest BCUT2D eigenvalue weighted by Crippen LogP contribution is 2.38. The maximum absolute atomic E-state index is 13.9. The fourth-order valence-electron chi connectivity index (χ4n) is 3.43. The Morgan fingerprint density at radius 1 is 1.19 bits per heavy atom. The van der Waals surface area contributed by atoms with Gasteiger partial charge in [-0.2, -0.15) is 18.3 Å². The summed E-state index contributed by atoms with van der Waals surface area (Å²) < 4.78 is 95.2. The number of carbonyl (C=O) groups is 2. The molecule has 1 aromatic carbocycles. The van der Waals surface area contributed by atoms with Gasteiger partial charge >= 0.3 is 12.5 Å². The summed E-state index contributed by atoms with van der Waals surface area (Å²) in [5, 5.41) is 5.76. The lowest BCUT2D eigenvalue weighted by Gasteiger charge is -2.18. The summed E-state index contributed by atoms with van der Waals surface area (Å²) in [5.41, 5.74) is -2.02. The maximum atomic E-state index is 13.9. The summed E-state index contributed by atoms with van der Waals surface area (Å²) >= 11 is 0. The minimum atomic E-state index is -5.27. The summed E-state index contributed by atoms with van der Waals surface area (Å²) in [6, 6.07) is 3.28. The zero-order valence-corrected chi connectivity index (χ0v) is 16.4. The van der Waals surface area contributed by atoms with Gasteiger partial charge in [-0.3, -0.25) is 14.3 Å². The number of halogens is 7. The van der Waals surface area contributed by atoms with Crippen LogP contribution in [0.2, 0.25) is 0 Å². The van der Waals surface area contributed by atoms with E-state index in [0.29, 0.717) is 16.8 Å². The molecular weight excluding hydrogens is 453 g/mol. The molecule has 2 heterocycles. The maximum Gasteiger partial charge on any atom is 0.573 e. The van der Waals surface area contributed by atoms with Gasteiger partial charge in [0.25, 0.3) is 0 Å². The van der Waals surface area contributed by atoms with Crippen LogP contribution in [0.25, 0.3) is 0 Å². The normalized spacial score (nSPS) is 19.4. The van der Waals surface area contributed by atoms with Gasteiger partial charge in [0, 0.05) is 26.6 Å². The van der Waals surface area contributed by atoms with Gasteiger partial charge in [0.05, 0.1) is 11.4 Å². The van der Waals surface area contributed by atoms with E-state index in [-0.39, 0.29) is 12.2 Å². The molecule has 0 bridgehead atoms. The lowest BCUT2D eigenvalue weighted by atomic mass is 9.91. The molecular formula is C18H15F7N4O3. The number of anilines is 1. The summed E-state index contributed by atoms with van der Waals surface area (Å²) in [5.74, 6) is -7.43. The van der Waals surface area contributed by atoms with Crippen molar-refractivity contribution in [3.63, 3.8) is 0 Å². The highest BCUT2D eigenvalue weighted by molar-refractivity contribution is 6.08. The van der Waals surface area contributed by atoms with Crippen LogP contribution in [0.4, 0.5) is 36.4 Å². The van der Waals surface area contributed by atoms with Gasteiger partial charge in [0.15, 0.2) is 11.6 Å². The zero-order chi connectivity index (χ0) is 24.0. The molecule has 1 aliphatic heterocycles. The van der Waals surface area contributed by atoms with Gasteiger partial charge < -0.3 is 15.0 Å². The van der Waals surface area contributed by atoms with Crippen LogP contribution in [-0.4, -0.2) is 46.4 Å². The number of ether oxygens (including phenoxy) is 1. The number of para-hydroxylation sites is 1. The number of hydrogen-bond donors (Lipinski definition) is 1. The Labute approximate surface area is 175 Å². The second kappa shape index (κ2) is 7.98. The van der Waals surface area contributed by atoms with E-state index in [4.69, 9.17) is 0 Å². The van der Waals surface area contributed by atoms with Crippen molar-refractivity contribution < 1.29 is 45.1 Å². The van der Waals surface area contributed by atoms with E-state index < -0.39 is 59.1 Å². The van der Waals surface area contributed by atoms with E-state index in [1.807, 2.05) is 5.32 Å². The largest absolute Gasteiger partial charge is 0.573 e. The molecule has 174 valence electrons. The zero-order valence-electron chi connectivity index (χ0n) is 16.4. The van der Waals surface area contributed by atoms with Gasteiger partial charge in [-0.05, 0) is 18.2 Å². The topological polar surface area (TPSA) is 76.5 Å². The number of alkyl halides is 6. The van der Waals surface area contributed by atoms with Crippen molar-refractivity contribution in [2.24, 2.45) is 13.0 Å². The standard InChI is InChI=1S/C18H15F7N4O3/c1-28-7-8(11-6-12(17(20,21)22)29(2)27-11)13(16(28)31)15(30)26-10-5-3-4-9(19)14(10)32-18(23,24)25/h3-6,8,13H,7H2,1-2H3,(H,26,30)/t8-,13+/m1/s1. The first-order valence-electron chi connectivity index (χ1n) is 8.90. The summed E-state index contributed by atoms with van der Waals surface area (Å²) in [4.78, 5) is 26.4. The number of aromatic nitrogens is 2. The fourth-order valence-corrected chi connectivity index (χ4v) is 3.43. The summed E-state index contributed by atoms with van der Waals surface area (Å²) in [6.45, 7) is -0.166. The Morgan fingerprint density at radius 2 is 1.84 bits per heavy atom. The molecule has 2 aromatic rings. The Balaban J connectivity index is 1.94. The highest BCUT2D eigenvalue weighted by atomic mass is 19.4. The van der Waals surface area contributed by atoms with Crippen LogP contribution < -0.4 is 10.1 Å². The lowest BCUT2D eigenvalue weighted by Crippen LogP contribution is -2.33. The Bertz CT molecular complexity index is 1050. The van der Waals surface area contributed by atoms with Crippen LogP contribution in [0.1, 0.15) is 17.3 Å². The smallest absolute Gasteiger partial charge is 0.400 e. The molecule has 0 unspecified atom stereocenters. The van der Waals surface area contributed by atoms with Crippen molar-refractivity contribution in [1.29, 1.82) is 0 Å². The van der Waals surface area contributed by atoms with Crippen molar-refractivity contribution in [2.45, 2.75) is 18.5 Å². The molecule has 1 aliphatic rings. The van der Waals surface area contributed by atoms with Crippen LogP contribution in [0.15, 0.2) is 24.3 Å². The number of likely N-dealkylation sites (tertiary alicyclic amines) is 1. The molecule has 32 heavy (non-hydrogen) atoms. The molecule has 7 nitrogen and oxygen atoms in total. The van der Waals surface area contributed by atoms with Crippen LogP contribution in [-0.2, 0) is 22.8 Å². The minimum absolute atomic E-state index is 0.166. The number of amides is 2. The van der Waals surface area contributed by atoms with Crippen LogP contribution in [0.5, 0.6) is 5.75 Å². The van der Waals surface area contributed by atoms with Gasteiger partial charge in [0.1, 0.15) is 11.6 Å². The Morgan fingerprint density at radius 3 is 2.41 bits per heavy atom. The van der Waals surface area contributed by atoms with E-state index in [0.717, 1.165) is 24.1 Å². The molecule has 3 rings (SSSR count).